The van der Waals surface area contributed by atoms with Gasteiger partial charge in [-0.25, -0.2) is 0 Å². The van der Waals surface area contributed by atoms with Gasteiger partial charge in [-0.15, -0.1) is 0 Å². The van der Waals surface area contributed by atoms with Gasteiger partial charge in [0, 0.05) is 13.5 Å². The molecule has 1 aromatic rings. The summed E-state index contributed by atoms with van der Waals surface area (Å²) in [5.41, 5.74) is 1.21. The van der Waals surface area contributed by atoms with Crippen molar-refractivity contribution in [3.05, 3.63) is 35.9 Å². The van der Waals surface area contributed by atoms with E-state index in [1.807, 2.05) is 30.3 Å². The third-order valence-corrected chi connectivity index (χ3v) is 3.02. The molecule has 96 valence electrons. The number of hydrogen-bond donors (Lipinski definition) is 0. The molecule has 1 amide bonds. The van der Waals surface area contributed by atoms with Crippen molar-refractivity contribution in [2.75, 3.05) is 13.1 Å². The van der Waals surface area contributed by atoms with E-state index in [1.54, 1.807) is 4.90 Å². The predicted octanol–water partition coefficient (Wildman–Crippen LogP) is 1.39. The number of likely N-dealkylation sites (tertiary alicyclic amines) is 1. The first-order valence-corrected chi connectivity index (χ1v) is 6.14. The highest BCUT2D eigenvalue weighted by molar-refractivity contribution is 5.79. The Hall–Kier alpha value is -1.84. The van der Waals surface area contributed by atoms with Gasteiger partial charge < -0.3 is 9.64 Å². The molecule has 4 heteroatoms. The van der Waals surface area contributed by atoms with Gasteiger partial charge >= 0.3 is 5.97 Å². The Bertz CT molecular complexity index is 430. The third kappa shape index (κ3) is 3.32. The fourth-order valence-electron chi connectivity index (χ4n) is 2.17. The van der Waals surface area contributed by atoms with E-state index in [0.717, 1.165) is 6.42 Å². The number of rotatable bonds is 4. The molecule has 1 saturated heterocycles. The fourth-order valence-corrected chi connectivity index (χ4v) is 2.17. The summed E-state index contributed by atoms with van der Waals surface area (Å²) in [5, 5.41) is 0. The number of esters is 1. The van der Waals surface area contributed by atoms with Crippen LogP contribution < -0.4 is 0 Å². The zero-order valence-corrected chi connectivity index (χ0v) is 10.5. The molecule has 4 nitrogen and oxygen atoms in total. The Labute approximate surface area is 107 Å². The van der Waals surface area contributed by atoms with Crippen LogP contribution in [0.25, 0.3) is 0 Å². The first-order valence-electron chi connectivity index (χ1n) is 6.14. The van der Waals surface area contributed by atoms with Crippen molar-refractivity contribution in [1.82, 2.24) is 4.90 Å². The predicted molar refractivity (Wildman–Crippen MR) is 66.9 cm³/mol. The average Bonchev–Trinajstić information content (AvgIpc) is 2.67. The molecule has 0 bridgehead atoms. The lowest BCUT2D eigenvalue weighted by atomic mass is 10.1. The summed E-state index contributed by atoms with van der Waals surface area (Å²) in [6, 6.07) is 10.0. The van der Waals surface area contributed by atoms with Crippen LogP contribution >= 0.6 is 0 Å². The van der Waals surface area contributed by atoms with Crippen LogP contribution in [0.15, 0.2) is 30.3 Å². The third-order valence-electron chi connectivity index (χ3n) is 3.02. The molecule has 1 atom stereocenters. The van der Waals surface area contributed by atoms with E-state index in [4.69, 9.17) is 4.74 Å². The quantitative estimate of drug-likeness (QED) is 0.755. The normalized spacial score (nSPS) is 19.1. The molecule has 1 aliphatic heterocycles. The van der Waals surface area contributed by atoms with E-state index >= 15 is 0 Å². The second-order valence-electron chi connectivity index (χ2n) is 4.51. The van der Waals surface area contributed by atoms with Gasteiger partial charge in [0.15, 0.2) is 0 Å². The summed E-state index contributed by atoms with van der Waals surface area (Å²) < 4.78 is 5.06. The summed E-state index contributed by atoms with van der Waals surface area (Å²) in [7, 11) is 0. The summed E-state index contributed by atoms with van der Waals surface area (Å²) in [6.07, 6.45) is 0.874. The lowest BCUT2D eigenvalue weighted by molar-refractivity contribution is -0.145. The number of nitrogens with zero attached hydrogens (tertiary/aromatic N) is 1. The highest BCUT2D eigenvalue weighted by Crippen LogP contribution is 2.15. The van der Waals surface area contributed by atoms with Gasteiger partial charge in [-0.2, -0.15) is 0 Å². The molecule has 0 N–H and O–H groups in total. The molecular weight excluding hydrogens is 230 g/mol. The fraction of sp³-hybridized carbons (Fsp3) is 0.429. The van der Waals surface area contributed by atoms with Gasteiger partial charge in [-0.3, -0.25) is 9.59 Å². The Morgan fingerprint density at radius 3 is 2.78 bits per heavy atom. The maximum Gasteiger partial charge on any atom is 0.302 e. The van der Waals surface area contributed by atoms with Crippen molar-refractivity contribution < 1.29 is 14.3 Å². The molecule has 0 aromatic heterocycles. The minimum Gasteiger partial charge on any atom is -0.460 e. The van der Waals surface area contributed by atoms with E-state index in [1.165, 1.54) is 12.5 Å². The first-order chi connectivity index (χ1) is 8.65. The Morgan fingerprint density at radius 2 is 2.11 bits per heavy atom. The molecular formula is C14H17NO3. The molecule has 1 fully saturated rings. The topological polar surface area (TPSA) is 46.6 Å². The number of benzene rings is 1. The van der Waals surface area contributed by atoms with E-state index in [-0.39, 0.29) is 18.0 Å². The monoisotopic (exact) mass is 247 g/mol. The van der Waals surface area contributed by atoms with Crippen LogP contribution in [0.4, 0.5) is 0 Å². The maximum absolute atomic E-state index is 11.7. The summed E-state index contributed by atoms with van der Waals surface area (Å²) >= 11 is 0. The average molecular weight is 247 g/mol. The largest absolute Gasteiger partial charge is 0.460 e. The van der Waals surface area contributed by atoms with Gasteiger partial charge in [-0.05, 0) is 12.0 Å². The van der Waals surface area contributed by atoms with Gasteiger partial charge in [0.2, 0.25) is 5.91 Å². The van der Waals surface area contributed by atoms with E-state index in [9.17, 15) is 9.59 Å². The number of hydrogen-bond acceptors (Lipinski definition) is 3. The number of carbonyl (C=O) groups excluding carboxylic acids is 2. The molecule has 1 aromatic carbocycles. The number of amides is 1. The van der Waals surface area contributed by atoms with Crippen molar-refractivity contribution in [3.8, 4) is 0 Å². The molecule has 0 aliphatic carbocycles. The van der Waals surface area contributed by atoms with E-state index in [0.29, 0.717) is 19.5 Å². The van der Waals surface area contributed by atoms with Gasteiger partial charge in [0.1, 0.15) is 6.10 Å². The number of carbonyl (C=O) groups is 2. The van der Waals surface area contributed by atoms with Crippen LogP contribution in [0.3, 0.4) is 0 Å². The van der Waals surface area contributed by atoms with Gasteiger partial charge in [-0.1, -0.05) is 30.3 Å². The molecule has 0 radical (unpaired) electrons. The molecule has 2 rings (SSSR count). The van der Waals surface area contributed by atoms with Crippen LogP contribution in [-0.4, -0.2) is 36.0 Å². The molecule has 1 heterocycles. The van der Waals surface area contributed by atoms with Crippen LogP contribution in [0.1, 0.15) is 18.9 Å². The minimum absolute atomic E-state index is 0.0668. The van der Waals surface area contributed by atoms with Gasteiger partial charge in [0.05, 0.1) is 13.0 Å². The van der Waals surface area contributed by atoms with Crippen molar-refractivity contribution in [2.45, 2.75) is 25.9 Å². The summed E-state index contributed by atoms with van der Waals surface area (Å²) in [6.45, 7) is 2.57. The van der Waals surface area contributed by atoms with Crippen LogP contribution in [0, 0.1) is 0 Å². The second kappa shape index (κ2) is 5.67. The van der Waals surface area contributed by atoms with Crippen LogP contribution in [0.2, 0.25) is 0 Å². The van der Waals surface area contributed by atoms with Gasteiger partial charge in [0.25, 0.3) is 0 Å². The molecule has 0 saturated carbocycles. The van der Waals surface area contributed by atoms with Crippen LogP contribution in [-0.2, 0) is 20.7 Å². The molecule has 1 aliphatic rings. The number of ether oxygens (including phenoxy) is 1. The second-order valence-corrected chi connectivity index (χ2v) is 4.51. The van der Waals surface area contributed by atoms with Crippen molar-refractivity contribution in [1.29, 1.82) is 0 Å². The van der Waals surface area contributed by atoms with E-state index in [2.05, 4.69) is 0 Å². The molecule has 0 spiro atoms. The standard InChI is InChI=1S/C14H17NO3/c1-11(16)18-13-9-14(17)15(10-13)8-7-12-5-3-2-4-6-12/h2-6,13H,7-10H2,1H3. The van der Waals surface area contributed by atoms with Crippen LogP contribution in [0.5, 0.6) is 0 Å². The lowest BCUT2D eigenvalue weighted by Crippen LogP contribution is -2.29. The zero-order chi connectivity index (χ0) is 13.0. The Balaban J connectivity index is 1.83. The first kappa shape index (κ1) is 12.6. The Kier molecular flexibility index (Phi) is 3.97. The van der Waals surface area contributed by atoms with Crippen molar-refractivity contribution >= 4 is 11.9 Å². The van der Waals surface area contributed by atoms with Crippen molar-refractivity contribution in [2.24, 2.45) is 0 Å². The lowest BCUT2D eigenvalue weighted by Gasteiger charge is -2.16. The maximum atomic E-state index is 11.7. The smallest absolute Gasteiger partial charge is 0.302 e. The zero-order valence-electron chi connectivity index (χ0n) is 10.5. The van der Waals surface area contributed by atoms with Crippen molar-refractivity contribution in [3.63, 3.8) is 0 Å². The summed E-state index contributed by atoms with van der Waals surface area (Å²) in [4.78, 5) is 24.3. The Morgan fingerprint density at radius 1 is 1.39 bits per heavy atom. The highest BCUT2D eigenvalue weighted by Gasteiger charge is 2.31. The highest BCUT2D eigenvalue weighted by atomic mass is 16.5. The SMILES string of the molecule is CC(=O)OC1CC(=O)N(CCc2ccccc2)C1. The molecule has 18 heavy (non-hydrogen) atoms. The van der Waals surface area contributed by atoms with E-state index < -0.39 is 0 Å². The molecule has 1 unspecified atom stereocenters. The minimum atomic E-state index is -0.322. The summed E-state index contributed by atoms with van der Waals surface area (Å²) in [5.74, 6) is -0.255.